The average molecular weight is 594 g/mol. The molecule has 41 heavy (non-hydrogen) atoms. The summed E-state index contributed by atoms with van der Waals surface area (Å²) in [5.41, 5.74) is 1.96. The number of esters is 1. The van der Waals surface area contributed by atoms with Crippen molar-refractivity contribution in [3.8, 4) is 5.75 Å². The Bertz CT molecular complexity index is 1460. The first-order valence-electron chi connectivity index (χ1n) is 13.1. The molecular formula is C26H33FN5O8P. The number of nitrogens with one attached hydrogen (secondary N) is 1. The smallest absolute Gasteiger partial charge is 0.459 e. The summed E-state index contributed by atoms with van der Waals surface area (Å²) in [5, 5.41) is 29.4. The highest BCUT2D eigenvalue weighted by molar-refractivity contribution is 7.52. The summed E-state index contributed by atoms with van der Waals surface area (Å²) in [7, 11) is -4.41. The van der Waals surface area contributed by atoms with Gasteiger partial charge in [0.05, 0.1) is 25.5 Å². The zero-order valence-corrected chi connectivity index (χ0v) is 23.5. The second-order valence-corrected chi connectivity index (χ2v) is 12.6. The number of fused-ring (bicyclic) bond motifs is 1. The van der Waals surface area contributed by atoms with Crippen LogP contribution < -0.4 is 15.3 Å². The van der Waals surface area contributed by atoms with Crippen molar-refractivity contribution in [1.82, 2.24) is 19.7 Å². The van der Waals surface area contributed by atoms with Crippen LogP contribution in [-0.2, 0) is 29.0 Å². The van der Waals surface area contributed by atoms with Gasteiger partial charge >= 0.3 is 13.7 Å². The number of nitrogen functional groups attached to an aromatic ring is 1. The van der Waals surface area contributed by atoms with Gasteiger partial charge in [0.1, 0.15) is 42.0 Å². The number of alkyl halides is 1. The lowest BCUT2D eigenvalue weighted by Gasteiger charge is -2.33. The Balaban J connectivity index is 1.35. The van der Waals surface area contributed by atoms with Gasteiger partial charge < -0.3 is 29.9 Å². The van der Waals surface area contributed by atoms with E-state index in [0.717, 1.165) is 12.8 Å². The summed E-state index contributed by atoms with van der Waals surface area (Å²) < 4.78 is 52.0. The molecule has 1 aliphatic carbocycles. The molecule has 2 aliphatic rings. The van der Waals surface area contributed by atoms with E-state index in [1.54, 1.807) is 18.2 Å². The summed E-state index contributed by atoms with van der Waals surface area (Å²) in [6.07, 6.45) is 1.16. The van der Waals surface area contributed by atoms with Crippen LogP contribution >= 0.6 is 7.75 Å². The number of rotatable bonds is 12. The van der Waals surface area contributed by atoms with Crippen molar-refractivity contribution >= 4 is 25.1 Å². The van der Waals surface area contributed by atoms with Crippen LogP contribution in [-0.4, -0.2) is 75.0 Å². The number of carbonyl (C=O) groups is 1. The summed E-state index contributed by atoms with van der Waals surface area (Å²) in [6, 6.07) is 9.90. The van der Waals surface area contributed by atoms with Crippen molar-refractivity contribution in [3.63, 3.8) is 0 Å². The molecule has 1 saturated heterocycles. The molecule has 5 rings (SSSR count). The molecule has 1 aromatic carbocycles. The number of nitrogens with zero attached hydrogens (tertiary/aromatic N) is 3. The lowest BCUT2D eigenvalue weighted by atomic mass is 9.86. The zero-order valence-electron chi connectivity index (χ0n) is 22.6. The van der Waals surface area contributed by atoms with Gasteiger partial charge in [-0.05, 0) is 44.0 Å². The monoisotopic (exact) mass is 593 g/mol. The van der Waals surface area contributed by atoms with E-state index >= 15 is 0 Å². The van der Waals surface area contributed by atoms with Crippen LogP contribution in [0.2, 0.25) is 0 Å². The fraction of sp³-hybridized carbons (Fsp3) is 0.500. The molecule has 2 aromatic heterocycles. The van der Waals surface area contributed by atoms with E-state index in [2.05, 4.69) is 15.2 Å². The summed E-state index contributed by atoms with van der Waals surface area (Å²) >= 11 is 0. The minimum atomic E-state index is -4.41. The number of carbonyl (C=O) groups excluding carboxylic acids is 1. The normalized spacial score (nSPS) is 27.3. The molecule has 0 radical (unpaired) electrons. The predicted octanol–water partition coefficient (Wildman–Crippen LogP) is 2.12. The van der Waals surface area contributed by atoms with E-state index in [9.17, 15) is 24.0 Å². The summed E-state index contributed by atoms with van der Waals surface area (Å²) in [4.78, 5) is 16.5. The fourth-order valence-electron chi connectivity index (χ4n) is 4.53. The van der Waals surface area contributed by atoms with Crippen molar-refractivity contribution in [2.24, 2.45) is 5.41 Å². The summed E-state index contributed by atoms with van der Waals surface area (Å²) in [5.74, 6) is -0.399. The van der Waals surface area contributed by atoms with Gasteiger partial charge in [0, 0.05) is 5.41 Å². The van der Waals surface area contributed by atoms with Crippen LogP contribution in [0.1, 0.15) is 32.4 Å². The molecule has 1 saturated carbocycles. The first kappa shape index (κ1) is 29.4. The third kappa shape index (κ3) is 5.81. The Morgan fingerprint density at radius 1 is 1.29 bits per heavy atom. The van der Waals surface area contributed by atoms with Crippen molar-refractivity contribution in [2.45, 2.75) is 50.0 Å². The maximum Gasteiger partial charge on any atom is 0.459 e. The molecule has 222 valence electrons. The van der Waals surface area contributed by atoms with Gasteiger partial charge in [-0.15, -0.1) is 0 Å². The topological polar surface area (TPSA) is 180 Å². The van der Waals surface area contributed by atoms with Crippen LogP contribution in [0.5, 0.6) is 5.75 Å². The van der Waals surface area contributed by atoms with Gasteiger partial charge in [0.25, 0.3) is 0 Å². The highest BCUT2D eigenvalue weighted by atomic mass is 31.2. The van der Waals surface area contributed by atoms with E-state index in [1.807, 2.05) is 6.92 Å². The SMILES string of the molecule is C[C@H](N[P@](=O)(OC[C@@]1(CF)OC[C@](O)(c2ccc3c(N)ncnn23)[C@@H]1O)Oc1ccccc1)C(=O)OCC1(C)CC1. The average Bonchev–Trinajstić information content (AvgIpc) is 3.42. The first-order valence-corrected chi connectivity index (χ1v) is 14.6. The number of ether oxygens (including phenoxy) is 2. The number of hydrogen-bond acceptors (Lipinski definition) is 11. The molecule has 0 amide bonds. The number of nitrogens with two attached hydrogens (primary N) is 1. The Morgan fingerprint density at radius 3 is 2.71 bits per heavy atom. The molecule has 15 heteroatoms. The lowest BCUT2D eigenvalue weighted by Crippen LogP contribution is -2.53. The third-order valence-corrected chi connectivity index (χ3v) is 9.13. The van der Waals surface area contributed by atoms with Gasteiger partial charge in [-0.2, -0.15) is 10.2 Å². The number of hydrogen-bond donors (Lipinski definition) is 4. The van der Waals surface area contributed by atoms with Gasteiger partial charge in [0.15, 0.2) is 11.4 Å². The van der Waals surface area contributed by atoms with Crippen LogP contribution in [0, 0.1) is 5.41 Å². The predicted molar refractivity (Wildman–Crippen MR) is 143 cm³/mol. The highest BCUT2D eigenvalue weighted by Gasteiger charge is 2.61. The second kappa shape index (κ2) is 10.9. The number of aliphatic hydroxyl groups excluding tert-OH is 1. The number of para-hydroxylation sites is 1. The molecule has 3 heterocycles. The van der Waals surface area contributed by atoms with Crippen molar-refractivity contribution in [3.05, 3.63) is 54.5 Å². The molecular weight excluding hydrogens is 560 g/mol. The fourth-order valence-corrected chi connectivity index (χ4v) is 6.08. The minimum absolute atomic E-state index is 0.0561. The molecule has 2 fully saturated rings. The second-order valence-electron chi connectivity index (χ2n) is 10.9. The highest BCUT2D eigenvalue weighted by Crippen LogP contribution is 2.49. The van der Waals surface area contributed by atoms with Crippen LogP contribution in [0.15, 0.2) is 48.8 Å². The van der Waals surface area contributed by atoms with E-state index in [0.29, 0.717) is 5.52 Å². The van der Waals surface area contributed by atoms with Crippen molar-refractivity contribution < 1.29 is 42.5 Å². The zero-order chi connectivity index (χ0) is 29.5. The van der Waals surface area contributed by atoms with Crippen LogP contribution in [0.3, 0.4) is 0 Å². The maximum atomic E-state index is 14.6. The van der Waals surface area contributed by atoms with Gasteiger partial charge in [-0.25, -0.2) is 18.5 Å². The number of aromatic nitrogens is 3. The Hall–Kier alpha value is -3.13. The Labute approximate surface area is 235 Å². The lowest BCUT2D eigenvalue weighted by molar-refractivity contribution is -0.147. The quantitative estimate of drug-likeness (QED) is 0.178. The van der Waals surface area contributed by atoms with Crippen LogP contribution in [0.25, 0.3) is 5.52 Å². The van der Waals surface area contributed by atoms with E-state index in [4.69, 9.17) is 24.3 Å². The van der Waals surface area contributed by atoms with Crippen molar-refractivity contribution in [1.29, 1.82) is 0 Å². The Morgan fingerprint density at radius 2 is 2.02 bits per heavy atom. The van der Waals surface area contributed by atoms with Gasteiger partial charge in [-0.3, -0.25) is 9.32 Å². The molecule has 1 aliphatic heterocycles. The van der Waals surface area contributed by atoms with E-state index in [-0.39, 0.29) is 29.3 Å². The van der Waals surface area contributed by atoms with Gasteiger partial charge in [0.2, 0.25) is 0 Å². The van der Waals surface area contributed by atoms with E-state index < -0.39 is 57.0 Å². The number of anilines is 1. The number of benzene rings is 1. The van der Waals surface area contributed by atoms with E-state index in [1.165, 1.54) is 42.0 Å². The number of halogens is 1. The molecule has 5 N–H and O–H groups in total. The third-order valence-electron chi connectivity index (χ3n) is 7.50. The molecule has 5 atom stereocenters. The van der Waals surface area contributed by atoms with Crippen molar-refractivity contribution in [2.75, 3.05) is 32.2 Å². The molecule has 0 spiro atoms. The molecule has 13 nitrogen and oxygen atoms in total. The standard InChI is InChI=1S/C26H33FN5O8P/c1-17(22(33)37-13-24(2)10-11-24)31-41(36,40-18-6-4-3-5-7-18)39-14-25(12-27)23(34)26(35,15-38-25)20-9-8-19-21(28)29-16-30-32(19)20/h3-9,16-17,23,34-35H,10-15H2,1-2H3,(H,31,36)(H2,28,29,30)/t17-,23+,25+,26-,41-/m0/s1. The Kier molecular flexibility index (Phi) is 7.83. The largest absolute Gasteiger partial charge is 0.464 e. The van der Waals surface area contributed by atoms with Gasteiger partial charge in [-0.1, -0.05) is 25.1 Å². The minimum Gasteiger partial charge on any atom is -0.464 e. The summed E-state index contributed by atoms with van der Waals surface area (Å²) in [6.45, 7) is 0.960. The molecule has 3 aromatic rings. The molecule has 0 bridgehead atoms. The first-order chi connectivity index (χ1) is 19.4. The van der Waals surface area contributed by atoms with Crippen LogP contribution in [0.4, 0.5) is 10.2 Å². The maximum absolute atomic E-state index is 14.6. The molecule has 0 unspecified atom stereocenters. The number of aliphatic hydroxyl groups is 2.